The zero-order valence-corrected chi connectivity index (χ0v) is 10.4. The van der Waals surface area contributed by atoms with Gasteiger partial charge in [-0.25, -0.2) is 0 Å². The van der Waals surface area contributed by atoms with Gasteiger partial charge in [0.2, 0.25) is 11.7 Å². The summed E-state index contributed by atoms with van der Waals surface area (Å²) in [4.78, 5) is 4.50. The number of nitrogens with zero attached hydrogens (tertiary/aromatic N) is 2. The fourth-order valence-corrected chi connectivity index (χ4v) is 3.37. The molecule has 3 aliphatic carbocycles. The lowest BCUT2D eigenvalue weighted by molar-refractivity contribution is -0.0793. The molecule has 0 unspecified atom stereocenters. The first-order valence-electron chi connectivity index (χ1n) is 5.98. The quantitative estimate of drug-likeness (QED) is 0.902. The minimum absolute atomic E-state index is 0.0505. The molecule has 2 bridgehead atoms. The third-order valence-corrected chi connectivity index (χ3v) is 4.31. The third kappa shape index (κ3) is 1.30. The summed E-state index contributed by atoms with van der Waals surface area (Å²) in [5, 5.41) is 4.74. The van der Waals surface area contributed by atoms with Gasteiger partial charge in [0.05, 0.1) is 5.41 Å². The van der Waals surface area contributed by atoms with Gasteiger partial charge in [-0.05, 0) is 43.5 Å². The van der Waals surface area contributed by atoms with Crippen LogP contribution in [0.3, 0.4) is 0 Å². The number of halogens is 1. The fraction of sp³-hybridized carbons (Fsp3) is 0.385. The molecule has 4 nitrogen and oxygen atoms in total. The van der Waals surface area contributed by atoms with Crippen LogP contribution < -0.4 is 5.73 Å². The maximum absolute atomic E-state index is 6.04. The van der Waals surface area contributed by atoms with Crippen LogP contribution in [-0.4, -0.2) is 15.7 Å². The van der Waals surface area contributed by atoms with Gasteiger partial charge in [-0.2, -0.15) is 4.98 Å². The highest BCUT2D eigenvalue weighted by Crippen LogP contribution is 2.66. The van der Waals surface area contributed by atoms with Crippen LogP contribution in [0.1, 0.15) is 25.2 Å². The van der Waals surface area contributed by atoms with Crippen LogP contribution in [-0.2, 0) is 5.41 Å². The molecule has 92 valence electrons. The van der Waals surface area contributed by atoms with Crippen molar-refractivity contribution in [1.82, 2.24) is 10.1 Å². The molecule has 1 aromatic carbocycles. The van der Waals surface area contributed by atoms with E-state index >= 15 is 0 Å². The summed E-state index contributed by atoms with van der Waals surface area (Å²) in [5.41, 5.74) is 7.09. The van der Waals surface area contributed by atoms with E-state index in [0.717, 1.165) is 30.7 Å². The molecule has 3 saturated carbocycles. The van der Waals surface area contributed by atoms with Gasteiger partial charge < -0.3 is 10.3 Å². The Bertz CT molecular complexity index is 600. The Morgan fingerprint density at radius 1 is 1.17 bits per heavy atom. The van der Waals surface area contributed by atoms with Gasteiger partial charge in [0, 0.05) is 16.1 Å². The van der Waals surface area contributed by atoms with Crippen molar-refractivity contribution in [3.63, 3.8) is 0 Å². The molecule has 5 rings (SSSR count). The zero-order chi connectivity index (χ0) is 12.4. The van der Waals surface area contributed by atoms with Crippen molar-refractivity contribution in [3.8, 4) is 11.4 Å². The third-order valence-electron chi connectivity index (χ3n) is 4.05. The van der Waals surface area contributed by atoms with Gasteiger partial charge in [-0.3, -0.25) is 0 Å². The molecular weight excluding hydrogens is 250 g/mol. The predicted molar refractivity (Wildman–Crippen MR) is 67.2 cm³/mol. The largest absolute Gasteiger partial charge is 0.338 e. The number of hydrogen-bond acceptors (Lipinski definition) is 4. The van der Waals surface area contributed by atoms with Crippen molar-refractivity contribution < 1.29 is 4.52 Å². The second kappa shape index (κ2) is 3.13. The van der Waals surface area contributed by atoms with Crippen LogP contribution >= 0.6 is 11.6 Å². The molecule has 18 heavy (non-hydrogen) atoms. The first kappa shape index (κ1) is 10.5. The van der Waals surface area contributed by atoms with E-state index in [1.54, 1.807) is 0 Å². The molecule has 2 aromatic rings. The molecule has 0 aliphatic heterocycles. The van der Waals surface area contributed by atoms with Gasteiger partial charge in [0.25, 0.3) is 0 Å². The maximum Gasteiger partial charge on any atom is 0.233 e. The van der Waals surface area contributed by atoms with Crippen LogP contribution in [0.4, 0.5) is 0 Å². The van der Waals surface area contributed by atoms with E-state index in [-0.39, 0.29) is 11.0 Å². The summed E-state index contributed by atoms with van der Waals surface area (Å²) in [7, 11) is 0. The maximum atomic E-state index is 6.04. The molecule has 3 fully saturated rings. The summed E-state index contributed by atoms with van der Waals surface area (Å²) in [6.07, 6.45) is 2.92. The molecular formula is C13H12ClN3O. The summed E-state index contributed by atoms with van der Waals surface area (Å²) >= 11 is 5.85. The second-order valence-electron chi connectivity index (χ2n) is 5.60. The molecule has 1 aromatic heterocycles. The fourth-order valence-electron chi connectivity index (χ4n) is 3.25. The van der Waals surface area contributed by atoms with E-state index in [4.69, 9.17) is 21.9 Å². The first-order chi connectivity index (χ1) is 8.59. The van der Waals surface area contributed by atoms with Crippen LogP contribution in [0, 0.1) is 0 Å². The predicted octanol–water partition coefficient (Wildman–Crippen LogP) is 2.52. The summed E-state index contributed by atoms with van der Waals surface area (Å²) in [5.74, 6) is 1.36. The van der Waals surface area contributed by atoms with Gasteiger partial charge in [0.15, 0.2) is 0 Å². The average molecular weight is 262 g/mol. The highest BCUT2D eigenvalue weighted by molar-refractivity contribution is 6.30. The smallest absolute Gasteiger partial charge is 0.233 e. The van der Waals surface area contributed by atoms with Crippen LogP contribution in [0.25, 0.3) is 11.4 Å². The zero-order valence-electron chi connectivity index (χ0n) is 9.69. The lowest BCUT2D eigenvalue weighted by Crippen LogP contribution is -2.74. The van der Waals surface area contributed by atoms with E-state index in [1.807, 2.05) is 24.3 Å². The number of aromatic nitrogens is 2. The van der Waals surface area contributed by atoms with Crippen molar-refractivity contribution in [2.24, 2.45) is 5.73 Å². The van der Waals surface area contributed by atoms with Gasteiger partial charge in [-0.1, -0.05) is 16.8 Å². The van der Waals surface area contributed by atoms with Gasteiger partial charge in [0.1, 0.15) is 0 Å². The van der Waals surface area contributed by atoms with Gasteiger partial charge in [-0.15, -0.1) is 0 Å². The Balaban J connectivity index is 1.65. The Labute approximate surface area is 109 Å². The van der Waals surface area contributed by atoms with Crippen LogP contribution in [0.15, 0.2) is 28.8 Å². The number of nitrogens with two attached hydrogens (primary N) is 1. The lowest BCUT2D eigenvalue weighted by atomic mass is 9.40. The molecule has 2 N–H and O–H groups in total. The number of hydrogen-bond donors (Lipinski definition) is 1. The molecule has 0 saturated heterocycles. The topological polar surface area (TPSA) is 64.9 Å². The average Bonchev–Trinajstić information content (AvgIpc) is 2.74. The van der Waals surface area contributed by atoms with Crippen molar-refractivity contribution >= 4 is 11.6 Å². The SMILES string of the molecule is NC12CC(c3nc(-c4ccc(Cl)cc4)no3)(C1)C2. The highest BCUT2D eigenvalue weighted by atomic mass is 35.5. The Hall–Kier alpha value is -1.39. The number of benzene rings is 1. The Morgan fingerprint density at radius 2 is 1.83 bits per heavy atom. The van der Waals surface area contributed by atoms with E-state index in [1.165, 1.54) is 0 Å². The highest BCUT2D eigenvalue weighted by Gasteiger charge is 2.69. The normalized spacial score (nSPS) is 32.8. The molecule has 1 heterocycles. The summed E-state index contributed by atoms with van der Waals surface area (Å²) in [6.45, 7) is 0. The van der Waals surface area contributed by atoms with E-state index in [9.17, 15) is 0 Å². The minimum Gasteiger partial charge on any atom is -0.338 e. The molecule has 0 spiro atoms. The van der Waals surface area contributed by atoms with Crippen molar-refractivity contribution in [1.29, 1.82) is 0 Å². The summed E-state index contributed by atoms with van der Waals surface area (Å²) < 4.78 is 5.39. The molecule has 5 heteroatoms. The van der Waals surface area contributed by atoms with Crippen molar-refractivity contribution in [2.45, 2.75) is 30.2 Å². The van der Waals surface area contributed by atoms with Crippen molar-refractivity contribution in [2.75, 3.05) is 0 Å². The molecule has 0 amide bonds. The second-order valence-corrected chi connectivity index (χ2v) is 6.04. The monoisotopic (exact) mass is 261 g/mol. The van der Waals surface area contributed by atoms with Crippen LogP contribution in [0.5, 0.6) is 0 Å². The van der Waals surface area contributed by atoms with Crippen molar-refractivity contribution in [3.05, 3.63) is 35.2 Å². The summed E-state index contributed by atoms with van der Waals surface area (Å²) in [6, 6.07) is 7.43. The minimum atomic E-state index is 0.0505. The molecule has 0 radical (unpaired) electrons. The molecule has 3 aliphatic rings. The van der Waals surface area contributed by atoms with E-state index < -0.39 is 0 Å². The Kier molecular flexibility index (Phi) is 1.83. The lowest BCUT2D eigenvalue weighted by Gasteiger charge is -2.66. The Morgan fingerprint density at radius 3 is 2.44 bits per heavy atom. The number of rotatable bonds is 2. The van der Waals surface area contributed by atoms with E-state index in [2.05, 4.69) is 10.1 Å². The standard InChI is InChI=1S/C13H12ClN3O/c14-9-3-1-8(2-4-9)10-16-11(18-17-10)12-5-13(15,6-12)7-12/h1-4H,5-7,15H2. The first-order valence-corrected chi connectivity index (χ1v) is 6.36. The van der Waals surface area contributed by atoms with Gasteiger partial charge >= 0.3 is 0 Å². The van der Waals surface area contributed by atoms with E-state index in [0.29, 0.717) is 10.8 Å². The molecule has 0 atom stereocenters. The van der Waals surface area contributed by atoms with Crippen LogP contribution in [0.2, 0.25) is 5.02 Å².